The summed E-state index contributed by atoms with van der Waals surface area (Å²) in [5, 5.41) is 8.66. The average Bonchev–Trinajstić information content (AvgIpc) is 2.14. The second kappa shape index (κ2) is 5.39. The molecule has 1 amide bonds. The van der Waals surface area contributed by atoms with Gasteiger partial charge in [-0.3, -0.25) is 4.79 Å². The van der Waals surface area contributed by atoms with Gasteiger partial charge in [0.1, 0.15) is 6.04 Å². The van der Waals surface area contributed by atoms with Crippen LogP contribution >= 0.6 is 0 Å². The number of likely N-dealkylation sites (N-methyl/N-ethyl adjacent to an activating group) is 1. The van der Waals surface area contributed by atoms with Gasteiger partial charge in [-0.1, -0.05) is 6.08 Å². The van der Waals surface area contributed by atoms with Crippen molar-refractivity contribution in [2.75, 3.05) is 7.05 Å². The van der Waals surface area contributed by atoms with E-state index in [0.717, 1.165) is 4.90 Å². The van der Waals surface area contributed by atoms with E-state index in [1.807, 2.05) is 0 Å². The zero-order valence-electron chi connectivity index (χ0n) is 8.43. The molecule has 0 aromatic rings. The first-order valence-corrected chi connectivity index (χ1v) is 4.27. The van der Waals surface area contributed by atoms with E-state index in [4.69, 9.17) is 10.8 Å². The molecule has 5 heteroatoms. The van der Waals surface area contributed by atoms with Gasteiger partial charge in [-0.25, -0.2) is 4.79 Å². The summed E-state index contributed by atoms with van der Waals surface area (Å²) in [7, 11) is 1.42. The van der Waals surface area contributed by atoms with E-state index >= 15 is 0 Å². The summed E-state index contributed by atoms with van der Waals surface area (Å²) < 4.78 is 0. The number of carbonyl (C=O) groups excluding carboxylic acids is 1. The standard InChI is InChI=1S/C9H16N2O3/c1-4-5-7(10)8(12)11(3)6(2)9(13)14/h4,6-7H,1,5,10H2,2-3H3,(H,13,14). The summed E-state index contributed by atoms with van der Waals surface area (Å²) in [5.41, 5.74) is 5.51. The fraction of sp³-hybridized carbons (Fsp3) is 0.556. The van der Waals surface area contributed by atoms with Gasteiger partial charge >= 0.3 is 5.97 Å². The number of carboxylic acids is 1. The summed E-state index contributed by atoms with van der Waals surface area (Å²) in [6.07, 6.45) is 1.87. The number of aliphatic carboxylic acids is 1. The predicted molar refractivity (Wildman–Crippen MR) is 52.7 cm³/mol. The largest absolute Gasteiger partial charge is 0.480 e. The second-order valence-electron chi connectivity index (χ2n) is 3.09. The minimum Gasteiger partial charge on any atom is -0.480 e. The Labute approximate surface area is 83.2 Å². The summed E-state index contributed by atoms with van der Waals surface area (Å²) in [6.45, 7) is 4.89. The molecule has 0 saturated carbocycles. The van der Waals surface area contributed by atoms with Crippen LogP contribution in [0.5, 0.6) is 0 Å². The highest BCUT2D eigenvalue weighted by Crippen LogP contribution is 2.01. The number of carbonyl (C=O) groups is 2. The number of carboxylic acid groups (broad SMARTS) is 1. The fourth-order valence-electron chi connectivity index (χ4n) is 0.898. The van der Waals surface area contributed by atoms with Gasteiger partial charge in [0, 0.05) is 7.05 Å². The Morgan fingerprint density at radius 1 is 1.64 bits per heavy atom. The molecule has 0 radical (unpaired) electrons. The van der Waals surface area contributed by atoms with Crippen LogP contribution in [0.25, 0.3) is 0 Å². The SMILES string of the molecule is C=CCC(N)C(=O)N(C)C(C)C(=O)O. The predicted octanol–water partition coefficient (Wildman–Crippen LogP) is -0.179. The van der Waals surface area contributed by atoms with Gasteiger partial charge < -0.3 is 15.7 Å². The van der Waals surface area contributed by atoms with E-state index in [-0.39, 0.29) is 5.91 Å². The molecule has 0 heterocycles. The van der Waals surface area contributed by atoms with Crippen LogP contribution in [0.3, 0.4) is 0 Å². The first-order chi connectivity index (χ1) is 6.41. The summed E-state index contributed by atoms with van der Waals surface area (Å²) >= 11 is 0. The molecule has 2 atom stereocenters. The van der Waals surface area contributed by atoms with E-state index in [1.165, 1.54) is 20.0 Å². The molecule has 0 rings (SSSR count). The van der Waals surface area contributed by atoms with Crippen molar-refractivity contribution in [2.24, 2.45) is 5.73 Å². The van der Waals surface area contributed by atoms with Crippen LogP contribution < -0.4 is 5.73 Å². The lowest BCUT2D eigenvalue weighted by atomic mass is 10.1. The molecular weight excluding hydrogens is 184 g/mol. The summed E-state index contributed by atoms with van der Waals surface area (Å²) in [6, 6.07) is -1.57. The number of amides is 1. The molecule has 0 aliphatic heterocycles. The maximum Gasteiger partial charge on any atom is 0.326 e. The molecule has 0 aliphatic rings. The lowest BCUT2D eigenvalue weighted by Crippen LogP contribution is -2.48. The Kier molecular flexibility index (Phi) is 4.86. The third-order valence-electron chi connectivity index (χ3n) is 2.02. The first kappa shape index (κ1) is 12.6. The van der Waals surface area contributed by atoms with E-state index in [0.29, 0.717) is 6.42 Å². The molecule has 3 N–H and O–H groups in total. The lowest BCUT2D eigenvalue weighted by Gasteiger charge is -2.24. The molecule has 0 spiro atoms. The second-order valence-corrected chi connectivity index (χ2v) is 3.09. The van der Waals surface area contributed by atoms with Crippen molar-refractivity contribution in [2.45, 2.75) is 25.4 Å². The van der Waals surface area contributed by atoms with Crippen molar-refractivity contribution in [3.63, 3.8) is 0 Å². The molecule has 80 valence electrons. The third kappa shape index (κ3) is 3.18. The highest BCUT2D eigenvalue weighted by atomic mass is 16.4. The van der Waals surface area contributed by atoms with Crippen molar-refractivity contribution in [3.05, 3.63) is 12.7 Å². The molecule has 0 aromatic heterocycles. The van der Waals surface area contributed by atoms with Crippen molar-refractivity contribution in [1.29, 1.82) is 0 Å². The molecule has 14 heavy (non-hydrogen) atoms. The Morgan fingerprint density at radius 3 is 2.50 bits per heavy atom. The molecular formula is C9H16N2O3. The van der Waals surface area contributed by atoms with Crippen LogP contribution in [0.15, 0.2) is 12.7 Å². The zero-order chi connectivity index (χ0) is 11.3. The Bertz CT molecular complexity index is 240. The number of nitrogens with two attached hydrogens (primary N) is 1. The van der Waals surface area contributed by atoms with Crippen molar-refractivity contribution >= 4 is 11.9 Å². The van der Waals surface area contributed by atoms with Crippen LogP contribution in [0.4, 0.5) is 0 Å². The molecule has 0 aromatic carbocycles. The van der Waals surface area contributed by atoms with Gasteiger partial charge in [-0.05, 0) is 13.3 Å². The minimum atomic E-state index is -1.05. The summed E-state index contributed by atoms with van der Waals surface area (Å²) in [5.74, 6) is -1.44. The van der Waals surface area contributed by atoms with Gasteiger partial charge in [0.25, 0.3) is 0 Å². The quantitative estimate of drug-likeness (QED) is 0.603. The van der Waals surface area contributed by atoms with Gasteiger partial charge in [0.05, 0.1) is 6.04 Å². The van der Waals surface area contributed by atoms with Gasteiger partial charge in [-0.15, -0.1) is 6.58 Å². The monoisotopic (exact) mass is 200 g/mol. The average molecular weight is 200 g/mol. The highest BCUT2D eigenvalue weighted by Gasteiger charge is 2.24. The van der Waals surface area contributed by atoms with E-state index in [2.05, 4.69) is 6.58 Å². The summed E-state index contributed by atoms with van der Waals surface area (Å²) in [4.78, 5) is 23.2. The number of hydrogen-bond acceptors (Lipinski definition) is 3. The molecule has 0 aliphatic carbocycles. The fourth-order valence-corrected chi connectivity index (χ4v) is 0.898. The molecule has 0 fully saturated rings. The molecule has 2 unspecified atom stereocenters. The number of rotatable bonds is 5. The lowest BCUT2D eigenvalue weighted by molar-refractivity contribution is -0.148. The van der Waals surface area contributed by atoms with E-state index in [9.17, 15) is 9.59 Å². The Balaban J connectivity index is 4.37. The minimum absolute atomic E-state index is 0.343. The van der Waals surface area contributed by atoms with E-state index < -0.39 is 18.1 Å². The van der Waals surface area contributed by atoms with Crippen LogP contribution in [-0.4, -0.2) is 41.0 Å². The molecule has 5 nitrogen and oxygen atoms in total. The normalized spacial score (nSPS) is 14.2. The zero-order valence-corrected chi connectivity index (χ0v) is 8.43. The number of hydrogen-bond donors (Lipinski definition) is 2. The Morgan fingerprint density at radius 2 is 2.14 bits per heavy atom. The number of nitrogens with zero attached hydrogens (tertiary/aromatic N) is 1. The maximum atomic E-state index is 11.5. The van der Waals surface area contributed by atoms with Crippen molar-refractivity contribution in [1.82, 2.24) is 4.90 Å². The van der Waals surface area contributed by atoms with Crippen LogP contribution in [0.1, 0.15) is 13.3 Å². The van der Waals surface area contributed by atoms with Crippen LogP contribution in [0.2, 0.25) is 0 Å². The van der Waals surface area contributed by atoms with Crippen molar-refractivity contribution in [3.8, 4) is 0 Å². The van der Waals surface area contributed by atoms with Crippen LogP contribution in [0, 0.1) is 0 Å². The molecule has 0 saturated heterocycles. The maximum absolute atomic E-state index is 11.5. The topological polar surface area (TPSA) is 83.6 Å². The smallest absolute Gasteiger partial charge is 0.326 e. The highest BCUT2D eigenvalue weighted by molar-refractivity contribution is 5.86. The van der Waals surface area contributed by atoms with Gasteiger partial charge in [0.15, 0.2) is 0 Å². The molecule has 0 bridgehead atoms. The van der Waals surface area contributed by atoms with Crippen molar-refractivity contribution < 1.29 is 14.7 Å². The third-order valence-corrected chi connectivity index (χ3v) is 2.02. The first-order valence-electron chi connectivity index (χ1n) is 4.27. The van der Waals surface area contributed by atoms with Crippen LogP contribution in [-0.2, 0) is 9.59 Å². The van der Waals surface area contributed by atoms with E-state index in [1.54, 1.807) is 0 Å². The van der Waals surface area contributed by atoms with Gasteiger partial charge in [-0.2, -0.15) is 0 Å². The van der Waals surface area contributed by atoms with Gasteiger partial charge in [0.2, 0.25) is 5.91 Å². The Hall–Kier alpha value is -1.36.